The topological polar surface area (TPSA) is 36.7 Å². The number of carbonyl (C=O) groups excluding carboxylic acids is 1. The molecule has 1 N–H and O–H groups in total. The SMILES string of the molecule is Cc1[nH]c2ccccc2c1/C=C/c1cc[n+](CCSC(=O)c2ccccc2)cc1. The predicted molar refractivity (Wildman–Crippen MR) is 122 cm³/mol. The minimum Gasteiger partial charge on any atom is -0.358 e. The maximum Gasteiger partial charge on any atom is 0.219 e. The minimum atomic E-state index is 0.125. The summed E-state index contributed by atoms with van der Waals surface area (Å²) in [5.41, 5.74) is 5.48. The maximum absolute atomic E-state index is 12.1. The Kier molecular flexibility index (Phi) is 5.92. The molecule has 2 aromatic carbocycles. The van der Waals surface area contributed by atoms with Gasteiger partial charge in [0.2, 0.25) is 5.12 Å². The number of aryl methyl sites for hydroxylation is 2. The number of para-hydroxylation sites is 1. The van der Waals surface area contributed by atoms with Gasteiger partial charge >= 0.3 is 0 Å². The van der Waals surface area contributed by atoms with Crippen molar-refractivity contribution >= 4 is 39.9 Å². The van der Waals surface area contributed by atoms with Gasteiger partial charge in [0.05, 0.1) is 5.75 Å². The molecule has 0 aliphatic carbocycles. The van der Waals surface area contributed by atoms with E-state index in [2.05, 4.69) is 71.4 Å². The molecular formula is C25H23N2OS+. The molecular weight excluding hydrogens is 376 g/mol. The number of nitrogens with one attached hydrogen (secondary N) is 1. The smallest absolute Gasteiger partial charge is 0.219 e. The Morgan fingerprint density at radius 2 is 1.69 bits per heavy atom. The summed E-state index contributed by atoms with van der Waals surface area (Å²) in [4.78, 5) is 15.6. The van der Waals surface area contributed by atoms with E-state index in [4.69, 9.17) is 0 Å². The van der Waals surface area contributed by atoms with Gasteiger partial charge in [-0.15, -0.1) is 0 Å². The lowest BCUT2D eigenvalue weighted by atomic mass is 10.1. The van der Waals surface area contributed by atoms with Crippen molar-refractivity contribution in [3.05, 3.63) is 102 Å². The molecule has 0 unspecified atom stereocenters. The molecule has 0 bridgehead atoms. The largest absolute Gasteiger partial charge is 0.358 e. The Bertz CT molecular complexity index is 1140. The lowest BCUT2D eigenvalue weighted by Gasteiger charge is -2.00. The zero-order chi connectivity index (χ0) is 20.1. The molecule has 0 aliphatic heterocycles. The van der Waals surface area contributed by atoms with E-state index in [9.17, 15) is 4.79 Å². The predicted octanol–water partition coefficient (Wildman–Crippen LogP) is 5.51. The molecule has 4 rings (SSSR count). The molecule has 0 amide bonds. The number of thioether (sulfide) groups is 1. The number of hydrogen-bond acceptors (Lipinski definition) is 2. The first-order valence-electron chi connectivity index (χ1n) is 9.67. The van der Waals surface area contributed by atoms with Crippen molar-refractivity contribution in [2.45, 2.75) is 13.5 Å². The molecule has 29 heavy (non-hydrogen) atoms. The molecule has 0 spiro atoms. The second-order valence-electron chi connectivity index (χ2n) is 6.91. The van der Waals surface area contributed by atoms with E-state index in [0.717, 1.165) is 28.9 Å². The summed E-state index contributed by atoms with van der Waals surface area (Å²) >= 11 is 1.36. The van der Waals surface area contributed by atoms with Gasteiger partial charge in [-0.25, -0.2) is 4.57 Å². The fourth-order valence-corrected chi connectivity index (χ4v) is 4.11. The Labute approximate surface area is 175 Å². The number of nitrogens with zero attached hydrogens (tertiary/aromatic N) is 1. The van der Waals surface area contributed by atoms with Crippen molar-refractivity contribution in [2.24, 2.45) is 0 Å². The number of hydrogen-bond donors (Lipinski definition) is 1. The molecule has 3 nitrogen and oxygen atoms in total. The van der Waals surface area contributed by atoms with Crippen LogP contribution in [0.25, 0.3) is 23.1 Å². The van der Waals surface area contributed by atoms with Gasteiger partial charge in [0.1, 0.15) is 0 Å². The molecule has 4 heteroatoms. The Morgan fingerprint density at radius 1 is 0.966 bits per heavy atom. The Hall–Kier alpha value is -3.11. The summed E-state index contributed by atoms with van der Waals surface area (Å²) in [6.45, 7) is 2.90. The molecule has 144 valence electrons. The summed E-state index contributed by atoms with van der Waals surface area (Å²) in [5, 5.41) is 1.37. The fourth-order valence-electron chi connectivity index (χ4n) is 3.32. The van der Waals surface area contributed by atoms with Crippen LogP contribution in [0.4, 0.5) is 0 Å². The molecule has 2 heterocycles. The number of pyridine rings is 1. The van der Waals surface area contributed by atoms with Gasteiger partial charge < -0.3 is 4.98 Å². The van der Waals surface area contributed by atoms with Gasteiger partial charge in [0.25, 0.3) is 0 Å². The summed E-state index contributed by atoms with van der Waals surface area (Å²) in [5.74, 6) is 0.752. The van der Waals surface area contributed by atoms with Gasteiger partial charge in [-0.2, -0.15) is 0 Å². The highest BCUT2D eigenvalue weighted by Gasteiger charge is 2.08. The van der Waals surface area contributed by atoms with E-state index in [1.54, 1.807) is 0 Å². The molecule has 0 saturated carbocycles. The molecule has 0 atom stereocenters. The van der Waals surface area contributed by atoms with E-state index in [1.807, 2.05) is 36.4 Å². The van der Waals surface area contributed by atoms with Crippen LogP contribution in [-0.2, 0) is 6.54 Å². The number of H-pyrrole nitrogens is 1. The van der Waals surface area contributed by atoms with Crippen LogP contribution in [-0.4, -0.2) is 15.9 Å². The minimum absolute atomic E-state index is 0.125. The number of fused-ring (bicyclic) bond motifs is 1. The Morgan fingerprint density at radius 3 is 2.48 bits per heavy atom. The van der Waals surface area contributed by atoms with Gasteiger partial charge in [0.15, 0.2) is 18.9 Å². The zero-order valence-electron chi connectivity index (χ0n) is 16.3. The summed E-state index contributed by atoms with van der Waals surface area (Å²) < 4.78 is 2.11. The summed E-state index contributed by atoms with van der Waals surface area (Å²) in [6.07, 6.45) is 8.44. The van der Waals surface area contributed by atoms with Crippen LogP contribution in [0.2, 0.25) is 0 Å². The quantitative estimate of drug-likeness (QED) is 0.434. The van der Waals surface area contributed by atoms with Crippen molar-refractivity contribution < 1.29 is 9.36 Å². The second-order valence-corrected chi connectivity index (χ2v) is 7.98. The number of rotatable bonds is 6. The molecule has 2 aromatic heterocycles. The third kappa shape index (κ3) is 4.66. The zero-order valence-corrected chi connectivity index (χ0v) is 17.2. The van der Waals surface area contributed by atoms with Crippen LogP contribution in [0.15, 0.2) is 79.1 Å². The van der Waals surface area contributed by atoms with E-state index in [0.29, 0.717) is 0 Å². The first-order valence-corrected chi connectivity index (χ1v) is 10.7. The standard InChI is InChI=1S/C25H22N2OS/c1-19-22(23-9-5-6-10-24(23)26-19)12-11-20-13-15-27(16-14-20)17-18-29-25(28)21-7-3-2-4-8-21/h2-16H,17-18H2,1H3/p+1. The monoisotopic (exact) mass is 399 g/mol. The van der Waals surface area contributed by atoms with Gasteiger partial charge in [-0.1, -0.05) is 72.4 Å². The van der Waals surface area contributed by atoms with Crippen LogP contribution >= 0.6 is 11.8 Å². The highest BCUT2D eigenvalue weighted by molar-refractivity contribution is 8.14. The number of aromatic nitrogens is 2. The first-order chi connectivity index (χ1) is 14.2. The fraction of sp³-hybridized carbons (Fsp3) is 0.120. The number of aromatic amines is 1. The number of carbonyl (C=O) groups is 1. The van der Waals surface area contributed by atoms with Crippen LogP contribution in [0, 0.1) is 6.92 Å². The third-order valence-electron chi connectivity index (χ3n) is 4.89. The summed E-state index contributed by atoms with van der Waals surface area (Å²) in [7, 11) is 0. The van der Waals surface area contributed by atoms with E-state index < -0.39 is 0 Å². The van der Waals surface area contributed by atoms with Crippen molar-refractivity contribution in [2.75, 3.05) is 5.75 Å². The summed E-state index contributed by atoms with van der Waals surface area (Å²) in [6, 6.07) is 22.0. The lowest BCUT2D eigenvalue weighted by Crippen LogP contribution is -2.34. The highest BCUT2D eigenvalue weighted by atomic mass is 32.2. The second kappa shape index (κ2) is 8.93. The van der Waals surface area contributed by atoms with E-state index in [-0.39, 0.29) is 5.12 Å². The van der Waals surface area contributed by atoms with Gasteiger partial charge in [-0.3, -0.25) is 4.79 Å². The van der Waals surface area contributed by atoms with Crippen molar-refractivity contribution in [1.82, 2.24) is 4.98 Å². The normalized spacial score (nSPS) is 11.3. The van der Waals surface area contributed by atoms with Crippen molar-refractivity contribution in [1.29, 1.82) is 0 Å². The van der Waals surface area contributed by atoms with Crippen LogP contribution < -0.4 is 4.57 Å². The third-order valence-corrected chi connectivity index (χ3v) is 5.78. The lowest BCUT2D eigenvalue weighted by molar-refractivity contribution is -0.692. The maximum atomic E-state index is 12.1. The van der Waals surface area contributed by atoms with Crippen molar-refractivity contribution in [3.63, 3.8) is 0 Å². The molecule has 0 fully saturated rings. The van der Waals surface area contributed by atoms with E-state index >= 15 is 0 Å². The van der Waals surface area contributed by atoms with Gasteiger partial charge in [0, 0.05) is 39.9 Å². The molecule has 0 radical (unpaired) electrons. The molecule has 0 aliphatic rings. The Balaban J connectivity index is 1.36. The average Bonchev–Trinajstić information content (AvgIpc) is 3.08. The van der Waals surface area contributed by atoms with Crippen molar-refractivity contribution in [3.8, 4) is 0 Å². The van der Waals surface area contributed by atoms with Crippen LogP contribution in [0.1, 0.15) is 27.2 Å². The first kappa shape index (κ1) is 19.2. The van der Waals surface area contributed by atoms with E-state index in [1.165, 1.54) is 28.4 Å². The van der Waals surface area contributed by atoms with Crippen LogP contribution in [0.5, 0.6) is 0 Å². The number of benzene rings is 2. The molecule has 4 aromatic rings. The van der Waals surface area contributed by atoms with Gasteiger partial charge in [-0.05, 0) is 18.6 Å². The highest BCUT2D eigenvalue weighted by Crippen LogP contribution is 2.23. The van der Waals surface area contributed by atoms with Crippen LogP contribution in [0.3, 0.4) is 0 Å². The molecule has 0 saturated heterocycles. The average molecular weight is 400 g/mol.